The molecule has 1 unspecified atom stereocenters. The van der Waals surface area contributed by atoms with Crippen molar-refractivity contribution < 1.29 is 9.26 Å². The predicted octanol–water partition coefficient (Wildman–Crippen LogP) is 3.08. The third-order valence-electron chi connectivity index (χ3n) is 3.14. The van der Waals surface area contributed by atoms with Gasteiger partial charge in [0, 0.05) is 24.3 Å². The summed E-state index contributed by atoms with van der Waals surface area (Å²) in [6.07, 6.45) is 1.79. The summed E-state index contributed by atoms with van der Waals surface area (Å²) >= 11 is 0. The fourth-order valence-electron chi connectivity index (χ4n) is 1.96. The molecule has 0 amide bonds. The summed E-state index contributed by atoms with van der Waals surface area (Å²) in [7, 11) is 1.64. The molecule has 0 aliphatic heterocycles. The number of nitrogens with zero attached hydrogens (tertiary/aromatic N) is 3. The average molecular weight is 271 g/mol. The van der Waals surface area contributed by atoms with E-state index in [0.29, 0.717) is 24.6 Å². The van der Waals surface area contributed by atoms with Crippen LogP contribution >= 0.6 is 0 Å². The van der Waals surface area contributed by atoms with E-state index in [9.17, 15) is 0 Å². The van der Waals surface area contributed by atoms with E-state index in [1.54, 1.807) is 7.11 Å². The summed E-state index contributed by atoms with van der Waals surface area (Å²) < 4.78 is 10.6. The lowest BCUT2D eigenvalue weighted by molar-refractivity contribution is 0.351. The Morgan fingerprint density at radius 1 is 1.40 bits per heavy atom. The molecule has 20 heavy (non-hydrogen) atoms. The van der Waals surface area contributed by atoms with Gasteiger partial charge in [-0.05, 0) is 12.5 Å². The second-order valence-electron chi connectivity index (χ2n) is 4.64. The molecule has 0 saturated heterocycles. The molecule has 0 radical (unpaired) electrons. The van der Waals surface area contributed by atoms with Crippen LogP contribution in [-0.4, -0.2) is 17.3 Å². The van der Waals surface area contributed by atoms with Gasteiger partial charge in [-0.3, -0.25) is 0 Å². The SMILES string of the molecule is COc1ccccc1Cc1noc(C(C)CCC#N)n1. The molecule has 0 bridgehead atoms. The predicted molar refractivity (Wildman–Crippen MR) is 73.4 cm³/mol. The molecule has 5 nitrogen and oxygen atoms in total. The van der Waals surface area contributed by atoms with E-state index in [1.165, 1.54) is 0 Å². The van der Waals surface area contributed by atoms with Crippen LogP contribution in [0.3, 0.4) is 0 Å². The number of benzene rings is 1. The monoisotopic (exact) mass is 271 g/mol. The van der Waals surface area contributed by atoms with Crippen molar-refractivity contribution in [2.24, 2.45) is 0 Å². The molecular weight excluding hydrogens is 254 g/mol. The smallest absolute Gasteiger partial charge is 0.229 e. The van der Waals surface area contributed by atoms with Crippen LogP contribution in [0.5, 0.6) is 5.75 Å². The Bertz CT molecular complexity index is 601. The van der Waals surface area contributed by atoms with Crippen molar-refractivity contribution >= 4 is 0 Å². The Morgan fingerprint density at radius 2 is 2.20 bits per heavy atom. The molecule has 1 heterocycles. The standard InChI is InChI=1S/C15H17N3O2/c1-11(6-5-9-16)15-17-14(18-20-15)10-12-7-3-4-8-13(12)19-2/h3-4,7-8,11H,5-6,10H2,1-2H3. The van der Waals surface area contributed by atoms with Gasteiger partial charge in [-0.25, -0.2) is 0 Å². The number of para-hydroxylation sites is 1. The van der Waals surface area contributed by atoms with Crippen LogP contribution in [0.25, 0.3) is 0 Å². The Balaban J connectivity index is 2.08. The van der Waals surface area contributed by atoms with Gasteiger partial charge >= 0.3 is 0 Å². The van der Waals surface area contributed by atoms with Crippen LogP contribution in [0.15, 0.2) is 28.8 Å². The maximum absolute atomic E-state index is 8.59. The largest absolute Gasteiger partial charge is 0.496 e. The van der Waals surface area contributed by atoms with Crippen LogP contribution in [0.2, 0.25) is 0 Å². The second kappa shape index (κ2) is 6.71. The minimum Gasteiger partial charge on any atom is -0.496 e. The molecule has 0 N–H and O–H groups in total. The highest BCUT2D eigenvalue weighted by atomic mass is 16.5. The Morgan fingerprint density at radius 3 is 2.95 bits per heavy atom. The molecule has 0 aliphatic rings. The fourth-order valence-corrected chi connectivity index (χ4v) is 1.96. The molecule has 0 saturated carbocycles. The summed E-state index contributed by atoms with van der Waals surface area (Å²) in [5.41, 5.74) is 1.02. The lowest BCUT2D eigenvalue weighted by Crippen LogP contribution is -1.97. The second-order valence-corrected chi connectivity index (χ2v) is 4.64. The minimum absolute atomic E-state index is 0.105. The first-order valence-electron chi connectivity index (χ1n) is 6.56. The molecule has 1 aromatic heterocycles. The van der Waals surface area contributed by atoms with Gasteiger partial charge in [-0.2, -0.15) is 10.2 Å². The maximum atomic E-state index is 8.59. The third kappa shape index (κ3) is 3.35. The highest BCUT2D eigenvalue weighted by Crippen LogP contribution is 2.22. The molecule has 0 aliphatic carbocycles. The summed E-state index contributed by atoms with van der Waals surface area (Å²) in [6, 6.07) is 9.89. The third-order valence-corrected chi connectivity index (χ3v) is 3.14. The van der Waals surface area contributed by atoms with E-state index in [-0.39, 0.29) is 5.92 Å². The number of ether oxygens (including phenoxy) is 1. The van der Waals surface area contributed by atoms with Crippen molar-refractivity contribution in [1.29, 1.82) is 5.26 Å². The van der Waals surface area contributed by atoms with Crippen molar-refractivity contribution in [2.75, 3.05) is 7.11 Å². The zero-order chi connectivity index (χ0) is 14.4. The molecule has 1 aromatic carbocycles. The lowest BCUT2D eigenvalue weighted by Gasteiger charge is -2.05. The van der Waals surface area contributed by atoms with Crippen LogP contribution in [0.1, 0.15) is 43.0 Å². The topological polar surface area (TPSA) is 71.9 Å². The number of methoxy groups -OCH3 is 1. The first-order chi connectivity index (χ1) is 9.74. The van der Waals surface area contributed by atoms with Crippen LogP contribution in [0, 0.1) is 11.3 Å². The fraction of sp³-hybridized carbons (Fsp3) is 0.400. The lowest BCUT2D eigenvalue weighted by atomic mass is 10.1. The number of hydrogen-bond donors (Lipinski definition) is 0. The van der Waals surface area contributed by atoms with Gasteiger partial charge in [0.25, 0.3) is 0 Å². The van der Waals surface area contributed by atoms with E-state index in [4.69, 9.17) is 14.5 Å². The van der Waals surface area contributed by atoms with Crippen molar-refractivity contribution in [3.8, 4) is 11.8 Å². The number of aromatic nitrogens is 2. The van der Waals surface area contributed by atoms with E-state index in [2.05, 4.69) is 16.2 Å². The van der Waals surface area contributed by atoms with E-state index >= 15 is 0 Å². The molecule has 0 fully saturated rings. The summed E-state index contributed by atoms with van der Waals surface area (Å²) in [5, 5.41) is 12.6. The minimum atomic E-state index is 0.105. The molecule has 5 heteroatoms. The number of hydrogen-bond acceptors (Lipinski definition) is 5. The Hall–Kier alpha value is -2.35. The van der Waals surface area contributed by atoms with E-state index < -0.39 is 0 Å². The molecule has 2 rings (SSSR count). The summed E-state index contributed by atoms with van der Waals surface area (Å²) in [6.45, 7) is 1.98. The Labute approximate surface area is 118 Å². The first-order valence-corrected chi connectivity index (χ1v) is 6.56. The van der Waals surface area contributed by atoms with E-state index in [1.807, 2.05) is 31.2 Å². The van der Waals surface area contributed by atoms with Crippen molar-refractivity contribution in [1.82, 2.24) is 10.1 Å². The quantitative estimate of drug-likeness (QED) is 0.807. The molecular formula is C15H17N3O2. The van der Waals surface area contributed by atoms with Gasteiger partial charge < -0.3 is 9.26 Å². The highest BCUT2D eigenvalue weighted by molar-refractivity contribution is 5.35. The molecule has 104 valence electrons. The van der Waals surface area contributed by atoms with Gasteiger partial charge in [0.2, 0.25) is 5.89 Å². The van der Waals surface area contributed by atoms with Crippen LogP contribution in [-0.2, 0) is 6.42 Å². The highest BCUT2D eigenvalue weighted by Gasteiger charge is 2.15. The number of nitriles is 1. The maximum Gasteiger partial charge on any atom is 0.229 e. The van der Waals surface area contributed by atoms with Gasteiger partial charge in [0.05, 0.1) is 13.2 Å². The summed E-state index contributed by atoms with van der Waals surface area (Å²) in [5.74, 6) is 2.14. The average Bonchev–Trinajstić information content (AvgIpc) is 2.94. The van der Waals surface area contributed by atoms with Crippen molar-refractivity contribution in [3.05, 3.63) is 41.5 Å². The van der Waals surface area contributed by atoms with Gasteiger partial charge in [0.1, 0.15) is 5.75 Å². The van der Waals surface area contributed by atoms with Crippen molar-refractivity contribution in [2.45, 2.75) is 32.1 Å². The van der Waals surface area contributed by atoms with Crippen LogP contribution < -0.4 is 4.74 Å². The molecule has 1 atom stereocenters. The van der Waals surface area contributed by atoms with E-state index in [0.717, 1.165) is 17.7 Å². The Kier molecular flexibility index (Phi) is 4.72. The van der Waals surface area contributed by atoms with Crippen molar-refractivity contribution in [3.63, 3.8) is 0 Å². The van der Waals surface area contributed by atoms with Gasteiger partial charge in [-0.15, -0.1) is 0 Å². The molecule has 2 aromatic rings. The molecule has 0 spiro atoms. The van der Waals surface area contributed by atoms with Gasteiger partial charge in [0.15, 0.2) is 5.82 Å². The number of rotatable bonds is 6. The zero-order valence-electron chi connectivity index (χ0n) is 11.7. The first kappa shape index (κ1) is 14.1. The van der Waals surface area contributed by atoms with Gasteiger partial charge in [-0.1, -0.05) is 30.3 Å². The normalized spacial score (nSPS) is 11.8. The van der Waals surface area contributed by atoms with Crippen LogP contribution in [0.4, 0.5) is 0 Å². The summed E-state index contributed by atoms with van der Waals surface area (Å²) in [4.78, 5) is 4.39. The zero-order valence-corrected chi connectivity index (χ0v) is 11.7.